The molecule has 0 N–H and O–H groups in total. The fourth-order valence-corrected chi connectivity index (χ4v) is 1.99. The molecular formula is C16H13FO3. The molecule has 0 aliphatic rings. The van der Waals surface area contributed by atoms with Gasteiger partial charge < -0.3 is 4.74 Å². The number of carbonyl (C=O) groups is 2. The maximum atomic E-state index is 13.5. The molecule has 2 aromatic rings. The zero-order chi connectivity index (χ0) is 14.7. The molecule has 0 aliphatic carbocycles. The van der Waals surface area contributed by atoms with E-state index in [1.54, 1.807) is 32.0 Å². The zero-order valence-corrected chi connectivity index (χ0v) is 11.1. The predicted octanol–water partition coefficient (Wildman–Crippen LogP) is 3.47. The minimum absolute atomic E-state index is 0.120. The molecule has 0 heterocycles. The van der Waals surface area contributed by atoms with Crippen LogP contribution in [-0.2, 0) is 0 Å². The van der Waals surface area contributed by atoms with Gasteiger partial charge in [-0.1, -0.05) is 12.1 Å². The van der Waals surface area contributed by atoms with Crippen molar-refractivity contribution >= 4 is 12.3 Å². The summed E-state index contributed by atoms with van der Waals surface area (Å²) in [5, 5.41) is 0. The fraction of sp³-hybridized carbons (Fsp3) is 0.125. The van der Waals surface area contributed by atoms with E-state index in [0.717, 1.165) is 6.29 Å². The zero-order valence-electron chi connectivity index (χ0n) is 11.1. The van der Waals surface area contributed by atoms with Crippen LogP contribution in [0.3, 0.4) is 0 Å². The van der Waals surface area contributed by atoms with Gasteiger partial charge in [0.1, 0.15) is 17.9 Å². The van der Waals surface area contributed by atoms with Gasteiger partial charge in [0.2, 0.25) is 0 Å². The standard InChI is InChI=1S/C16H13FO3/c1-10-7-12(9-18)8-11(2)15(10)20-16(19)13-5-3-4-6-14(13)17/h3-9H,1-2H3. The van der Waals surface area contributed by atoms with Gasteiger partial charge in [-0.05, 0) is 49.2 Å². The molecule has 4 heteroatoms. The molecule has 20 heavy (non-hydrogen) atoms. The molecular weight excluding hydrogens is 259 g/mol. The molecule has 0 bridgehead atoms. The first-order chi connectivity index (χ1) is 9.52. The van der Waals surface area contributed by atoms with Crippen molar-refractivity contribution in [1.82, 2.24) is 0 Å². The van der Waals surface area contributed by atoms with E-state index in [0.29, 0.717) is 22.4 Å². The monoisotopic (exact) mass is 272 g/mol. The molecule has 0 saturated carbocycles. The van der Waals surface area contributed by atoms with Crippen LogP contribution in [0.5, 0.6) is 5.75 Å². The lowest BCUT2D eigenvalue weighted by Gasteiger charge is -2.11. The van der Waals surface area contributed by atoms with Crippen LogP contribution in [0, 0.1) is 19.7 Å². The molecule has 3 nitrogen and oxygen atoms in total. The van der Waals surface area contributed by atoms with Crippen LogP contribution in [0.1, 0.15) is 31.8 Å². The van der Waals surface area contributed by atoms with Crippen molar-refractivity contribution in [2.75, 3.05) is 0 Å². The summed E-state index contributed by atoms with van der Waals surface area (Å²) >= 11 is 0. The predicted molar refractivity (Wildman–Crippen MR) is 72.7 cm³/mol. The van der Waals surface area contributed by atoms with Crippen LogP contribution in [0.15, 0.2) is 36.4 Å². The summed E-state index contributed by atoms with van der Waals surface area (Å²) in [6, 6.07) is 8.86. The van der Waals surface area contributed by atoms with Crippen molar-refractivity contribution in [2.45, 2.75) is 13.8 Å². The quantitative estimate of drug-likeness (QED) is 0.488. The van der Waals surface area contributed by atoms with Crippen LogP contribution >= 0.6 is 0 Å². The van der Waals surface area contributed by atoms with Crippen molar-refractivity contribution in [3.05, 3.63) is 64.5 Å². The highest BCUT2D eigenvalue weighted by Gasteiger charge is 2.16. The Hall–Kier alpha value is -2.49. The third-order valence-electron chi connectivity index (χ3n) is 2.91. The van der Waals surface area contributed by atoms with E-state index in [9.17, 15) is 14.0 Å². The van der Waals surface area contributed by atoms with Crippen LogP contribution < -0.4 is 4.74 Å². The van der Waals surface area contributed by atoms with Gasteiger partial charge in [0.25, 0.3) is 0 Å². The number of hydrogen-bond donors (Lipinski definition) is 0. The van der Waals surface area contributed by atoms with Crippen LogP contribution in [0.4, 0.5) is 4.39 Å². The molecule has 0 aliphatic heterocycles. The summed E-state index contributed by atoms with van der Waals surface area (Å²) in [4.78, 5) is 22.7. The Morgan fingerprint density at radius 2 is 1.75 bits per heavy atom. The largest absolute Gasteiger partial charge is 0.422 e. The summed E-state index contributed by atoms with van der Waals surface area (Å²) in [5.74, 6) is -1.03. The summed E-state index contributed by atoms with van der Waals surface area (Å²) in [5.41, 5.74) is 1.69. The minimum atomic E-state index is -0.756. The van der Waals surface area contributed by atoms with Gasteiger partial charge in [-0.25, -0.2) is 9.18 Å². The van der Waals surface area contributed by atoms with E-state index in [1.165, 1.54) is 18.2 Å². The van der Waals surface area contributed by atoms with E-state index in [2.05, 4.69) is 0 Å². The Kier molecular flexibility index (Phi) is 3.94. The van der Waals surface area contributed by atoms with Crippen LogP contribution in [-0.4, -0.2) is 12.3 Å². The maximum absolute atomic E-state index is 13.5. The molecule has 0 saturated heterocycles. The summed E-state index contributed by atoms with van der Waals surface area (Å²) in [7, 11) is 0. The second kappa shape index (κ2) is 5.65. The molecule has 0 aromatic heterocycles. The normalized spacial score (nSPS) is 10.2. The lowest BCUT2D eigenvalue weighted by atomic mass is 10.1. The number of ether oxygens (including phenoxy) is 1. The Morgan fingerprint density at radius 3 is 2.30 bits per heavy atom. The lowest BCUT2D eigenvalue weighted by Crippen LogP contribution is -2.12. The molecule has 0 amide bonds. The van der Waals surface area contributed by atoms with Gasteiger partial charge in [-0.15, -0.1) is 0 Å². The molecule has 102 valence electrons. The van der Waals surface area contributed by atoms with E-state index in [1.807, 2.05) is 0 Å². The highest BCUT2D eigenvalue weighted by molar-refractivity contribution is 5.91. The van der Waals surface area contributed by atoms with Crippen molar-refractivity contribution < 1.29 is 18.7 Å². The molecule has 0 fully saturated rings. The third kappa shape index (κ3) is 2.74. The number of esters is 1. The maximum Gasteiger partial charge on any atom is 0.346 e. The number of carbonyl (C=O) groups excluding carboxylic acids is 2. The number of rotatable bonds is 3. The number of aldehydes is 1. The lowest BCUT2D eigenvalue weighted by molar-refractivity contribution is 0.0727. The second-order valence-corrected chi connectivity index (χ2v) is 4.47. The van der Waals surface area contributed by atoms with Gasteiger partial charge in [-0.2, -0.15) is 0 Å². The van der Waals surface area contributed by atoms with Crippen molar-refractivity contribution in [2.24, 2.45) is 0 Å². The van der Waals surface area contributed by atoms with Gasteiger partial charge in [0, 0.05) is 5.56 Å². The molecule has 0 atom stereocenters. The number of hydrogen-bond acceptors (Lipinski definition) is 3. The summed E-state index contributed by atoms with van der Waals surface area (Å²) < 4.78 is 18.8. The van der Waals surface area contributed by atoms with E-state index in [4.69, 9.17) is 4.74 Å². The third-order valence-corrected chi connectivity index (χ3v) is 2.91. The average Bonchev–Trinajstić information content (AvgIpc) is 2.42. The van der Waals surface area contributed by atoms with Gasteiger partial charge in [0.15, 0.2) is 0 Å². The van der Waals surface area contributed by atoms with Crippen LogP contribution in [0.25, 0.3) is 0 Å². The number of benzene rings is 2. The highest BCUT2D eigenvalue weighted by atomic mass is 19.1. The molecule has 2 aromatic carbocycles. The average molecular weight is 272 g/mol. The van der Waals surface area contributed by atoms with E-state index in [-0.39, 0.29) is 5.56 Å². The van der Waals surface area contributed by atoms with Crippen molar-refractivity contribution in [3.8, 4) is 5.75 Å². The molecule has 2 rings (SSSR count). The summed E-state index contributed by atoms with van der Waals surface area (Å²) in [6.45, 7) is 3.45. The first-order valence-corrected chi connectivity index (χ1v) is 6.06. The SMILES string of the molecule is Cc1cc(C=O)cc(C)c1OC(=O)c1ccccc1F. The Balaban J connectivity index is 2.33. The topological polar surface area (TPSA) is 43.4 Å². The first-order valence-electron chi connectivity index (χ1n) is 6.06. The molecule has 0 spiro atoms. The van der Waals surface area contributed by atoms with E-state index >= 15 is 0 Å². The Bertz CT molecular complexity index is 654. The summed E-state index contributed by atoms with van der Waals surface area (Å²) in [6.07, 6.45) is 0.725. The Morgan fingerprint density at radius 1 is 1.15 bits per heavy atom. The van der Waals surface area contributed by atoms with Crippen molar-refractivity contribution in [3.63, 3.8) is 0 Å². The molecule has 0 radical (unpaired) electrons. The Labute approximate surface area is 116 Å². The first kappa shape index (κ1) is 13.9. The van der Waals surface area contributed by atoms with E-state index < -0.39 is 11.8 Å². The van der Waals surface area contributed by atoms with Gasteiger partial charge >= 0.3 is 5.97 Å². The second-order valence-electron chi connectivity index (χ2n) is 4.47. The van der Waals surface area contributed by atoms with Crippen molar-refractivity contribution in [1.29, 1.82) is 0 Å². The highest BCUT2D eigenvalue weighted by Crippen LogP contribution is 2.25. The minimum Gasteiger partial charge on any atom is -0.422 e. The molecule has 0 unspecified atom stereocenters. The van der Waals surface area contributed by atoms with Gasteiger partial charge in [-0.3, -0.25) is 4.79 Å². The number of halogens is 1. The number of aryl methyl sites for hydroxylation is 2. The smallest absolute Gasteiger partial charge is 0.346 e. The fourth-order valence-electron chi connectivity index (χ4n) is 1.99. The van der Waals surface area contributed by atoms with Crippen LogP contribution in [0.2, 0.25) is 0 Å². The van der Waals surface area contributed by atoms with Gasteiger partial charge in [0.05, 0.1) is 5.56 Å².